The smallest absolute Gasteiger partial charge is 0.327 e. The molecule has 0 aliphatic heterocycles. The average Bonchev–Trinajstić information content (AvgIpc) is 3.21. The lowest BCUT2D eigenvalue weighted by Gasteiger charge is -2.38. The Bertz CT molecular complexity index is 292. The Morgan fingerprint density at radius 2 is 2.11 bits per heavy atom. The summed E-state index contributed by atoms with van der Waals surface area (Å²) in [6.07, 6.45) is 4.57. The number of nitrogens with zero attached hydrogens (tertiary/aromatic N) is 1. The molecule has 0 aromatic carbocycles. The van der Waals surface area contributed by atoms with Crippen molar-refractivity contribution in [1.29, 1.82) is 0 Å². The van der Waals surface area contributed by atoms with Gasteiger partial charge in [0, 0.05) is 12.6 Å². The highest BCUT2D eigenvalue weighted by atomic mass is 16.5. The van der Waals surface area contributed by atoms with Crippen LogP contribution in [0.4, 0.5) is 0 Å². The zero-order chi connectivity index (χ0) is 14.5. The van der Waals surface area contributed by atoms with E-state index in [0.717, 1.165) is 32.4 Å². The summed E-state index contributed by atoms with van der Waals surface area (Å²) in [5.74, 6) is 0.323. The normalized spacial score (nSPS) is 20.1. The maximum absolute atomic E-state index is 12.3. The fraction of sp³-hybridized carbons (Fsp3) is 0.933. The average molecular weight is 270 g/mol. The highest BCUT2D eigenvalue weighted by molar-refractivity contribution is 5.82. The van der Waals surface area contributed by atoms with Crippen molar-refractivity contribution in [2.24, 2.45) is 5.92 Å². The summed E-state index contributed by atoms with van der Waals surface area (Å²) < 4.78 is 5.08. The second-order valence-electron chi connectivity index (χ2n) is 5.82. The van der Waals surface area contributed by atoms with Gasteiger partial charge in [0.05, 0.1) is 7.11 Å². The van der Waals surface area contributed by atoms with E-state index >= 15 is 0 Å². The maximum atomic E-state index is 12.3. The SMILES string of the molecule is CCCC(C)N(C)CC(NCC)(C(=O)OC)C1CC1. The topological polar surface area (TPSA) is 41.6 Å². The summed E-state index contributed by atoms with van der Waals surface area (Å²) in [6, 6.07) is 0.492. The lowest BCUT2D eigenvalue weighted by Crippen LogP contribution is -2.61. The van der Waals surface area contributed by atoms with Gasteiger partial charge in [-0.05, 0) is 45.7 Å². The maximum Gasteiger partial charge on any atom is 0.327 e. The van der Waals surface area contributed by atoms with E-state index in [0.29, 0.717) is 12.0 Å². The minimum Gasteiger partial charge on any atom is -0.468 e. The van der Waals surface area contributed by atoms with Crippen molar-refractivity contribution < 1.29 is 9.53 Å². The van der Waals surface area contributed by atoms with Crippen LogP contribution >= 0.6 is 0 Å². The van der Waals surface area contributed by atoms with Gasteiger partial charge in [0.25, 0.3) is 0 Å². The number of carbonyl (C=O) groups excluding carboxylic acids is 1. The van der Waals surface area contributed by atoms with Gasteiger partial charge in [0.15, 0.2) is 0 Å². The van der Waals surface area contributed by atoms with Gasteiger partial charge in [0.2, 0.25) is 0 Å². The zero-order valence-corrected chi connectivity index (χ0v) is 13.2. The van der Waals surface area contributed by atoms with Crippen LogP contribution in [0.3, 0.4) is 0 Å². The van der Waals surface area contributed by atoms with Crippen molar-refractivity contribution in [3.05, 3.63) is 0 Å². The molecular weight excluding hydrogens is 240 g/mol. The van der Waals surface area contributed by atoms with Crippen LogP contribution in [0.1, 0.15) is 46.5 Å². The van der Waals surface area contributed by atoms with Crippen molar-refractivity contribution in [2.45, 2.75) is 58.0 Å². The molecule has 1 aliphatic carbocycles. The number of ether oxygens (including phenoxy) is 1. The molecule has 0 aromatic rings. The van der Waals surface area contributed by atoms with Crippen LogP contribution in [-0.4, -0.2) is 49.7 Å². The highest BCUT2D eigenvalue weighted by Gasteiger charge is 2.52. The van der Waals surface area contributed by atoms with Gasteiger partial charge in [0.1, 0.15) is 5.54 Å². The second kappa shape index (κ2) is 7.25. The van der Waals surface area contributed by atoms with Gasteiger partial charge in [-0.2, -0.15) is 0 Å². The summed E-state index contributed by atoms with van der Waals surface area (Å²) in [4.78, 5) is 14.6. The molecule has 0 spiro atoms. The molecule has 1 aliphatic rings. The molecule has 0 bridgehead atoms. The summed E-state index contributed by atoms with van der Waals surface area (Å²) in [5.41, 5.74) is -0.514. The van der Waals surface area contributed by atoms with E-state index in [4.69, 9.17) is 4.74 Å². The molecule has 0 aromatic heterocycles. The van der Waals surface area contributed by atoms with E-state index in [1.807, 2.05) is 0 Å². The van der Waals surface area contributed by atoms with Gasteiger partial charge in [-0.25, -0.2) is 4.79 Å². The van der Waals surface area contributed by atoms with Crippen LogP contribution in [0, 0.1) is 5.92 Å². The Morgan fingerprint density at radius 3 is 2.53 bits per heavy atom. The van der Waals surface area contributed by atoms with Crippen molar-refractivity contribution in [1.82, 2.24) is 10.2 Å². The summed E-state index contributed by atoms with van der Waals surface area (Å²) >= 11 is 0. The van der Waals surface area contributed by atoms with Gasteiger partial charge < -0.3 is 15.0 Å². The molecule has 0 amide bonds. The standard InChI is InChI=1S/C15H30N2O2/c1-6-8-12(3)17(4)11-15(16-7-2,13-9-10-13)14(18)19-5/h12-13,16H,6-11H2,1-5H3. The first-order valence-corrected chi connectivity index (χ1v) is 7.55. The first-order chi connectivity index (χ1) is 9.01. The van der Waals surface area contributed by atoms with Gasteiger partial charge in [-0.15, -0.1) is 0 Å². The van der Waals surface area contributed by atoms with Crippen LogP contribution in [0.15, 0.2) is 0 Å². The fourth-order valence-corrected chi connectivity index (χ4v) is 2.89. The van der Waals surface area contributed by atoms with Crippen molar-refractivity contribution in [2.75, 3.05) is 27.2 Å². The molecule has 1 saturated carbocycles. The predicted molar refractivity (Wildman–Crippen MR) is 78.1 cm³/mol. The minimum atomic E-state index is -0.514. The number of methoxy groups -OCH3 is 1. The van der Waals surface area contributed by atoms with E-state index < -0.39 is 5.54 Å². The molecule has 0 heterocycles. The van der Waals surface area contributed by atoms with Crippen LogP contribution < -0.4 is 5.32 Å². The molecule has 2 unspecified atom stereocenters. The molecule has 0 radical (unpaired) electrons. The first kappa shape index (κ1) is 16.4. The molecule has 1 N–H and O–H groups in total. The van der Waals surface area contributed by atoms with E-state index in [9.17, 15) is 4.79 Å². The van der Waals surface area contributed by atoms with E-state index in [2.05, 4.69) is 38.0 Å². The predicted octanol–water partition coefficient (Wildman–Crippen LogP) is 2.04. The number of nitrogens with one attached hydrogen (secondary N) is 1. The number of hydrogen-bond acceptors (Lipinski definition) is 4. The molecule has 1 rings (SSSR count). The number of hydrogen-bond donors (Lipinski definition) is 1. The monoisotopic (exact) mass is 270 g/mol. The van der Waals surface area contributed by atoms with Gasteiger partial charge in [-0.3, -0.25) is 0 Å². The Kier molecular flexibility index (Phi) is 6.27. The number of esters is 1. The van der Waals surface area contributed by atoms with Crippen molar-refractivity contribution in [3.63, 3.8) is 0 Å². The van der Waals surface area contributed by atoms with Crippen molar-refractivity contribution in [3.8, 4) is 0 Å². The van der Waals surface area contributed by atoms with Gasteiger partial charge >= 0.3 is 5.97 Å². The Morgan fingerprint density at radius 1 is 1.47 bits per heavy atom. The number of rotatable bonds is 9. The largest absolute Gasteiger partial charge is 0.468 e. The molecule has 4 nitrogen and oxygen atoms in total. The first-order valence-electron chi connectivity index (χ1n) is 7.55. The summed E-state index contributed by atoms with van der Waals surface area (Å²) in [5, 5.41) is 3.42. The highest BCUT2D eigenvalue weighted by Crippen LogP contribution is 2.41. The third kappa shape index (κ3) is 3.93. The van der Waals surface area contributed by atoms with Crippen LogP contribution in [0.25, 0.3) is 0 Å². The minimum absolute atomic E-state index is 0.104. The molecular formula is C15H30N2O2. The quantitative estimate of drug-likeness (QED) is 0.651. The second-order valence-corrected chi connectivity index (χ2v) is 5.82. The lowest BCUT2D eigenvalue weighted by atomic mass is 9.91. The third-order valence-corrected chi connectivity index (χ3v) is 4.27. The molecule has 1 fully saturated rings. The van der Waals surface area contributed by atoms with Crippen LogP contribution in [-0.2, 0) is 9.53 Å². The van der Waals surface area contributed by atoms with E-state index in [1.54, 1.807) is 0 Å². The Balaban J connectivity index is 2.80. The van der Waals surface area contributed by atoms with Crippen LogP contribution in [0.2, 0.25) is 0 Å². The fourth-order valence-electron chi connectivity index (χ4n) is 2.89. The van der Waals surface area contributed by atoms with E-state index in [-0.39, 0.29) is 5.97 Å². The van der Waals surface area contributed by atoms with E-state index in [1.165, 1.54) is 13.5 Å². The molecule has 19 heavy (non-hydrogen) atoms. The number of carbonyl (C=O) groups is 1. The molecule has 112 valence electrons. The molecule has 0 saturated heterocycles. The van der Waals surface area contributed by atoms with Crippen molar-refractivity contribution >= 4 is 5.97 Å². The van der Waals surface area contributed by atoms with Gasteiger partial charge in [-0.1, -0.05) is 20.3 Å². The molecule has 2 atom stereocenters. The zero-order valence-electron chi connectivity index (χ0n) is 13.2. The number of likely N-dealkylation sites (N-methyl/N-ethyl adjacent to an activating group) is 2. The van der Waals surface area contributed by atoms with Crippen LogP contribution in [0.5, 0.6) is 0 Å². The summed E-state index contributed by atoms with van der Waals surface area (Å²) in [6.45, 7) is 8.00. The Hall–Kier alpha value is -0.610. The lowest BCUT2D eigenvalue weighted by molar-refractivity contribution is -0.150. The molecule has 4 heteroatoms. The summed E-state index contributed by atoms with van der Waals surface area (Å²) in [7, 11) is 3.60. The Labute approximate surface area is 117 Å². The third-order valence-electron chi connectivity index (χ3n) is 4.27.